The van der Waals surface area contributed by atoms with Crippen LogP contribution in [-0.2, 0) is 36.6 Å². The predicted molar refractivity (Wildman–Crippen MR) is 95.3 cm³/mol. The molecule has 0 spiro atoms. The van der Waals surface area contributed by atoms with Crippen molar-refractivity contribution >= 4 is 0 Å². The number of nitrogens with zero attached hydrogens (tertiary/aromatic N) is 3. The molecule has 11 nitrogen and oxygen atoms in total. The van der Waals surface area contributed by atoms with Crippen molar-refractivity contribution in [1.82, 2.24) is 15.0 Å². The Morgan fingerprint density at radius 1 is 1.17 bits per heavy atom. The minimum absolute atomic E-state index is 0.288. The summed E-state index contributed by atoms with van der Waals surface area (Å²) in [5.74, 6) is -0.770. The van der Waals surface area contributed by atoms with Crippen molar-refractivity contribution in [2.45, 2.75) is 75.7 Å². The summed E-state index contributed by atoms with van der Waals surface area (Å²) in [7, 11) is 0. The topological polar surface area (TPSA) is 138 Å². The smallest absolute Gasteiger partial charge is 0.190 e. The molecule has 3 aliphatic rings. The van der Waals surface area contributed by atoms with Gasteiger partial charge in [-0.15, -0.1) is 5.10 Å². The highest BCUT2D eigenvalue weighted by Gasteiger charge is 2.54. The second-order valence-electron chi connectivity index (χ2n) is 7.79. The van der Waals surface area contributed by atoms with Crippen molar-refractivity contribution in [2.24, 2.45) is 0 Å². The fourth-order valence-electron chi connectivity index (χ4n) is 3.59. The maximum absolute atomic E-state index is 10.4. The summed E-state index contributed by atoms with van der Waals surface area (Å²) in [5, 5.41) is 37.4. The van der Waals surface area contributed by atoms with Gasteiger partial charge in [0.25, 0.3) is 0 Å². The number of hydrogen-bond acceptors (Lipinski definition) is 10. The quantitative estimate of drug-likeness (QED) is 0.463. The monoisotopic (exact) mass is 413 g/mol. The first-order valence-corrected chi connectivity index (χ1v) is 9.67. The average molecular weight is 413 g/mol. The fraction of sp³-hybridized carbons (Fsp3) is 0.778. The molecule has 3 N–H and O–H groups in total. The Hall–Kier alpha value is -1.44. The summed E-state index contributed by atoms with van der Waals surface area (Å²) in [6.45, 7) is 3.92. The van der Waals surface area contributed by atoms with Crippen LogP contribution in [0.1, 0.15) is 19.5 Å². The summed E-state index contributed by atoms with van der Waals surface area (Å²) in [6.07, 6.45) is 0.820. The molecule has 1 aromatic heterocycles. The minimum Gasteiger partial charge on any atom is -0.394 e. The van der Waals surface area contributed by atoms with Crippen LogP contribution in [0.3, 0.4) is 0 Å². The molecule has 11 heteroatoms. The number of ether oxygens (including phenoxy) is 5. The molecule has 0 saturated carbocycles. The molecule has 0 bridgehead atoms. The van der Waals surface area contributed by atoms with E-state index in [0.29, 0.717) is 25.3 Å². The zero-order valence-corrected chi connectivity index (χ0v) is 16.3. The molecule has 4 rings (SSSR count). The summed E-state index contributed by atoms with van der Waals surface area (Å²) in [6, 6.07) is 0. The van der Waals surface area contributed by atoms with Crippen molar-refractivity contribution in [3.05, 3.63) is 24.0 Å². The van der Waals surface area contributed by atoms with E-state index in [9.17, 15) is 10.2 Å². The van der Waals surface area contributed by atoms with Gasteiger partial charge in [-0.25, -0.2) is 4.68 Å². The molecule has 4 heterocycles. The highest BCUT2D eigenvalue weighted by molar-refractivity contribution is 5.00. The van der Waals surface area contributed by atoms with Crippen molar-refractivity contribution in [3.8, 4) is 0 Å². The molecule has 2 fully saturated rings. The predicted octanol–water partition coefficient (Wildman–Crippen LogP) is -1.29. The Kier molecular flexibility index (Phi) is 6.00. The van der Waals surface area contributed by atoms with E-state index in [1.807, 2.05) is 0 Å². The number of aliphatic hydroxyl groups is 3. The Labute approximate surface area is 167 Å². The van der Waals surface area contributed by atoms with Gasteiger partial charge < -0.3 is 39.0 Å². The zero-order chi connectivity index (χ0) is 20.6. The molecular weight excluding hydrogens is 386 g/mol. The Morgan fingerprint density at radius 2 is 2.00 bits per heavy atom. The molecule has 0 radical (unpaired) electrons. The Bertz CT molecular complexity index is 726. The molecule has 1 aromatic rings. The molecular formula is C18H27N3O8. The third kappa shape index (κ3) is 4.67. The molecule has 162 valence electrons. The second-order valence-corrected chi connectivity index (χ2v) is 7.79. The van der Waals surface area contributed by atoms with Gasteiger partial charge in [-0.3, -0.25) is 0 Å². The van der Waals surface area contributed by atoms with Crippen LogP contribution in [0.4, 0.5) is 0 Å². The van der Waals surface area contributed by atoms with Crippen LogP contribution in [0.5, 0.6) is 0 Å². The van der Waals surface area contributed by atoms with Gasteiger partial charge in [0.05, 0.1) is 25.5 Å². The van der Waals surface area contributed by atoms with E-state index in [-0.39, 0.29) is 6.61 Å². The molecule has 0 aromatic carbocycles. The standard InChI is InChI=1S/C18H27N3O8/c1-18(2)28-16-15(24)12(27-17(16)29-18)8-21-7-10(19-20-21)5-6-25-14-4-3-11(23)13(9-22)26-14/h3-4,7,11-17,22-24H,5-6,8-9H2,1-2H3/t11-,12+,13+,14-,15-,16-,17+/m0/s1. The lowest BCUT2D eigenvalue weighted by Gasteiger charge is -2.28. The summed E-state index contributed by atoms with van der Waals surface area (Å²) >= 11 is 0. The minimum atomic E-state index is -0.839. The SMILES string of the molecule is CC1(C)O[C@H]2O[C@H](Cn3cc(CCO[C@@H]4C=C[C@H](O)[C@@H](CO)O4)nn3)[C@H](O)[C@@H]2O1. The van der Waals surface area contributed by atoms with Gasteiger partial charge >= 0.3 is 0 Å². The first-order chi connectivity index (χ1) is 13.8. The maximum atomic E-state index is 10.4. The zero-order valence-electron chi connectivity index (χ0n) is 16.3. The van der Waals surface area contributed by atoms with E-state index < -0.39 is 48.9 Å². The van der Waals surface area contributed by atoms with Crippen LogP contribution in [0.25, 0.3) is 0 Å². The van der Waals surface area contributed by atoms with Crippen LogP contribution in [-0.4, -0.2) is 92.4 Å². The number of rotatable bonds is 7. The summed E-state index contributed by atoms with van der Waals surface area (Å²) < 4.78 is 29.7. The van der Waals surface area contributed by atoms with Crippen molar-refractivity contribution in [1.29, 1.82) is 0 Å². The number of aliphatic hydroxyl groups excluding tert-OH is 3. The molecule has 0 unspecified atom stereocenters. The summed E-state index contributed by atoms with van der Waals surface area (Å²) in [4.78, 5) is 0. The maximum Gasteiger partial charge on any atom is 0.190 e. The number of hydrogen-bond donors (Lipinski definition) is 3. The largest absolute Gasteiger partial charge is 0.394 e. The van der Waals surface area contributed by atoms with Gasteiger partial charge in [-0.05, 0) is 19.9 Å². The first-order valence-electron chi connectivity index (χ1n) is 9.67. The van der Waals surface area contributed by atoms with Crippen LogP contribution in [0.2, 0.25) is 0 Å². The molecule has 29 heavy (non-hydrogen) atoms. The highest BCUT2D eigenvalue weighted by Crippen LogP contribution is 2.37. The Morgan fingerprint density at radius 3 is 2.76 bits per heavy atom. The summed E-state index contributed by atoms with van der Waals surface area (Å²) in [5.41, 5.74) is 0.713. The normalized spacial score (nSPS) is 38.4. The van der Waals surface area contributed by atoms with E-state index in [1.165, 1.54) is 0 Å². The molecule has 0 aliphatic carbocycles. The van der Waals surface area contributed by atoms with Gasteiger partial charge in [0.15, 0.2) is 18.4 Å². The second kappa shape index (κ2) is 8.36. The van der Waals surface area contributed by atoms with Crippen molar-refractivity contribution in [2.75, 3.05) is 13.2 Å². The van der Waals surface area contributed by atoms with Crippen LogP contribution >= 0.6 is 0 Å². The average Bonchev–Trinajstić information content (AvgIpc) is 3.32. The van der Waals surface area contributed by atoms with E-state index in [4.69, 9.17) is 28.8 Å². The van der Waals surface area contributed by atoms with Crippen molar-refractivity contribution in [3.63, 3.8) is 0 Å². The third-order valence-corrected chi connectivity index (χ3v) is 5.04. The van der Waals surface area contributed by atoms with Crippen molar-refractivity contribution < 1.29 is 39.0 Å². The fourth-order valence-corrected chi connectivity index (χ4v) is 3.59. The lowest BCUT2D eigenvalue weighted by molar-refractivity contribution is -0.216. The molecule has 3 aliphatic heterocycles. The van der Waals surface area contributed by atoms with Gasteiger partial charge in [-0.1, -0.05) is 11.3 Å². The van der Waals surface area contributed by atoms with Gasteiger partial charge in [0.2, 0.25) is 0 Å². The van der Waals surface area contributed by atoms with Crippen LogP contribution in [0, 0.1) is 0 Å². The molecule has 0 amide bonds. The lowest BCUT2D eigenvalue weighted by Crippen LogP contribution is -2.38. The van der Waals surface area contributed by atoms with E-state index in [1.54, 1.807) is 36.9 Å². The third-order valence-electron chi connectivity index (χ3n) is 5.04. The highest BCUT2D eigenvalue weighted by atomic mass is 16.8. The Balaban J connectivity index is 1.23. The van der Waals surface area contributed by atoms with Crippen LogP contribution in [0.15, 0.2) is 18.3 Å². The van der Waals surface area contributed by atoms with E-state index in [2.05, 4.69) is 10.3 Å². The number of fused-ring (bicyclic) bond motifs is 1. The van der Waals surface area contributed by atoms with Gasteiger partial charge in [0.1, 0.15) is 30.5 Å². The number of aromatic nitrogens is 3. The van der Waals surface area contributed by atoms with E-state index in [0.717, 1.165) is 0 Å². The molecule has 2 saturated heterocycles. The van der Waals surface area contributed by atoms with E-state index >= 15 is 0 Å². The lowest BCUT2D eigenvalue weighted by atomic mass is 10.1. The first kappa shape index (κ1) is 20.8. The van der Waals surface area contributed by atoms with Gasteiger partial charge in [0, 0.05) is 12.6 Å². The molecule has 7 atom stereocenters. The van der Waals surface area contributed by atoms with Gasteiger partial charge in [-0.2, -0.15) is 0 Å². The van der Waals surface area contributed by atoms with Crippen LogP contribution < -0.4 is 0 Å².